The highest BCUT2D eigenvalue weighted by Gasteiger charge is 2.25. The molecule has 0 aliphatic heterocycles. The molecular weight excluding hydrogens is 312 g/mol. The molecular formula is C20H26N4O. The van der Waals surface area contributed by atoms with Crippen LogP contribution in [0.1, 0.15) is 61.5 Å². The van der Waals surface area contributed by atoms with E-state index in [1.807, 2.05) is 25.3 Å². The minimum Gasteiger partial charge on any atom is -0.382 e. The van der Waals surface area contributed by atoms with Crippen molar-refractivity contribution in [1.82, 2.24) is 14.8 Å². The van der Waals surface area contributed by atoms with Gasteiger partial charge in [-0.2, -0.15) is 5.10 Å². The van der Waals surface area contributed by atoms with Crippen LogP contribution in [0.3, 0.4) is 0 Å². The number of anilines is 1. The van der Waals surface area contributed by atoms with Crippen LogP contribution in [-0.4, -0.2) is 20.8 Å². The lowest BCUT2D eigenvalue weighted by Gasteiger charge is -2.30. The standard InChI is InChI=1S/C20H26N4O/c1-14-12-17(10-11-21-14)22-16-6-8-18(9-7-16)24-20(25)13-15-4-2-3-5-19(15)23-24/h10-13,16,18H,2-9H2,1H3,(H,21,22). The summed E-state index contributed by atoms with van der Waals surface area (Å²) >= 11 is 0. The largest absolute Gasteiger partial charge is 0.382 e. The second-order valence-corrected chi connectivity index (χ2v) is 7.44. The maximum absolute atomic E-state index is 12.5. The maximum atomic E-state index is 12.5. The zero-order chi connectivity index (χ0) is 17.2. The predicted octanol–water partition coefficient (Wildman–Crippen LogP) is 3.42. The van der Waals surface area contributed by atoms with Crippen LogP contribution >= 0.6 is 0 Å². The van der Waals surface area contributed by atoms with Gasteiger partial charge in [0.15, 0.2) is 0 Å². The van der Waals surface area contributed by atoms with Gasteiger partial charge in [0, 0.05) is 29.7 Å². The summed E-state index contributed by atoms with van der Waals surface area (Å²) in [4.78, 5) is 16.7. The first-order valence-electron chi connectivity index (χ1n) is 9.50. The van der Waals surface area contributed by atoms with Gasteiger partial charge in [-0.1, -0.05) is 0 Å². The molecule has 0 bridgehead atoms. The average molecular weight is 338 g/mol. The minimum atomic E-state index is 0.0850. The highest BCUT2D eigenvalue weighted by atomic mass is 16.1. The Labute approximate surface area is 148 Å². The zero-order valence-electron chi connectivity index (χ0n) is 14.9. The molecule has 132 valence electrons. The Hall–Kier alpha value is -2.17. The molecule has 0 aromatic carbocycles. The van der Waals surface area contributed by atoms with Crippen LogP contribution in [-0.2, 0) is 12.8 Å². The fourth-order valence-corrected chi connectivity index (χ4v) is 4.17. The molecule has 1 N–H and O–H groups in total. The Morgan fingerprint density at radius 1 is 1.12 bits per heavy atom. The molecule has 0 amide bonds. The topological polar surface area (TPSA) is 59.8 Å². The molecule has 0 spiro atoms. The number of fused-ring (bicyclic) bond motifs is 1. The van der Waals surface area contributed by atoms with Crippen molar-refractivity contribution in [2.75, 3.05) is 5.32 Å². The highest BCUT2D eigenvalue weighted by Crippen LogP contribution is 2.29. The summed E-state index contributed by atoms with van der Waals surface area (Å²) < 4.78 is 1.77. The van der Waals surface area contributed by atoms with Crippen molar-refractivity contribution in [3.05, 3.63) is 51.7 Å². The average Bonchev–Trinajstić information content (AvgIpc) is 2.62. The number of hydrogen-bond acceptors (Lipinski definition) is 4. The third-order valence-electron chi connectivity index (χ3n) is 5.54. The van der Waals surface area contributed by atoms with Crippen molar-refractivity contribution in [2.24, 2.45) is 0 Å². The molecule has 2 heterocycles. The van der Waals surface area contributed by atoms with Crippen LogP contribution in [0.5, 0.6) is 0 Å². The summed E-state index contributed by atoms with van der Waals surface area (Å²) in [5.74, 6) is 0. The summed E-state index contributed by atoms with van der Waals surface area (Å²) in [6.45, 7) is 2.01. The molecule has 1 saturated carbocycles. The Morgan fingerprint density at radius 3 is 2.72 bits per heavy atom. The number of aryl methyl sites for hydroxylation is 3. The molecule has 0 unspecified atom stereocenters. The van der Waals surface area contributed by atoms with Crippen LogP contribution < -0.4 is 10.9 Å². The number of nitrogens with zero attached hydrogens (tertiary/aromatic N) is 3. The third kappa shape index (κ3) is 3.60. The van der Waals surface area contributed by atoms with Crippen LogP contribution in [0, 0.1) is 6.92 Å². The first kappa shape index (κ1) is 16.3. The van der Waals surface area contributed by atoms with E-state index in [2.05, 4.69) is 16.4 Å². The fraction of sp³-hybridized carbons (Fsp3) is 0.550. The quantitative estimate of drug-likeness (QED) is 0.931. The van der Waals surface area contributed by atoms with Gasteiger partial charge in [0.25, 0.3) is 5.56 Å². The molecule has 25 heavy (non-hydrogen) atoms. The molecule has 4 rings (SSSR count). The monoisotopic (exact) mass is 338 g/mol. The van der Waals surface area contributed by atoms with E-state index < -0.39 is 0 Å². The number of hydrogen-bond donors (Lipinski definition) is 1. The summed E-state index contributed by atoms with van der Waals surface area (Å²) in [5.41, 5.74) is 4.58. The second kappa shape index (κ2) is 6.98. The fourth-order valence-electron chi connectivity index (χ4n) is 4.17. The lowest BCUT2D eigenvalue weighted by Crippen LogP contribution is -2.34. The first-order chi connectivity index (χ1) is 12.2. The number of rotatable bonds is 3. The molecule has 0 atom stereocenters. The predicted molar refractivity (Wildman–Crippen MR) is 99.0 cm³/mol. The van der Waals surface area contributed by atoms with E-state index in [1.165, 1.54) is 18.4 Å². The van der Waals surface area contributed by atoms with Gasteiger partial charge in [0.1, 0.15) is 0 Å². The van der Waals surface area contributed by atoms with Gasteiger partial charge >= 0.3 is 0 Å². The van der Waals surface area contributed by atoms with Gasteiger partial charge in [-0.3, -0.25) is 9.78 Å². The molecule has 2 aromatic heterocycles. The lowest BCUT2D eigenvalue weighted by molar-refractivity contribution is 0.300. The maximum Gasteiger partial charge on any atom is 0.267 e. The second-order valence-electron chi connectivity index (χ2n) is 7.44. The summed E-state index contributed by atoms with van der Waals surface area (Å²) in [6.07, 6.45) is 10.4. The number of nitrogens with one attached hydrogen (secondary N) is 1. The summed E-state index contributed by atoms with van der Waals surface area (Å²) in [5, 5.41) is 8.34. The molecule has 2 aromatic rings. The Balaban J connectivity index is 1.43. The molecule has 0 saturated heterocycles. The van der Waals surface area contributed by atoms with Crippen molar-refractivity contribution in [1.29, 1.82) is 0 Å². The van der Waals surface area contributed by atoms with E-state index in [0.717, 1.165) is 55.6 Å². The number of aromatic nitrogens is 3. The van der Waals surface area contributed by atoms with E-state index in [0.29, 0.717) is 6.04 Å². The summed E-state index contributed by atoms with van der Waals surface area (Å²) in [6, 6.07) is 6.66. The molecule has 1 fully saturated rings. The minimum absolute atomic E-state index is 0.0850. The van der Waals surface area contributed by atoms with E-state index in [1.54, 1.807) is 4.68 Å². The van der Waals surface area contributed by atoms with Crippen LogP contribution in [0.25, 0.3) is 0 Å². The SMILES string of the molecule is Cc1cc(NC2CCC(n3nc4c(cc3=O)CCCC4)CC2)ccn1. The van der Waals surface area contributed by atoms with E-state index in [9.17, 15) is 4.79 Å². The van der Waals surface area contributed by atoms with E-state index in [4.69, 9.17) is 5.10 Å². The third-order valence-corrected chi connectivity index (χ3v) is 5.54. The van der Waals surface area contributed by atoms with Gasteiger partial charge in [-0.15, -0.1) is 0 Å². The number of pyridine rings is 1. The van der Waals surface area contributed by atoms with Crippen molar-refractivity contribution >= 4 is 5.69 Å². The van der Waals surface area contributed by atoms with Crippen LogP contribution in [0.2, 0.25) is 0 Å². The molecule has 2 aliphatic rings. The normalized spacial score (nSPS) is 23.1. The zero-order valence-corrected chi connectivity index (χ0v) is 14.9. The molecule has 2 aliphatic carbocycles. The van der Waals surface area contributed by atoms with Crippen molar-refractivity contribution in [2.45, 2.75) is 70.4 Å². The van der Waals surface area contributed by atoms with Gasteiger partial charge in [-0.05, 0) is 76.0 Å². The molecule has 0 radical (unpaired) electrons. The van der Waals surface area contributed by atoms with Crippen LogP contribution in [0.15, 0.2) is 29.2 Å². The van der Waals surface area contributed by atoms with Crippen molar-refractivity contribution < 1.29 is 0 Å². The lowest BCUT2D eigenvalue weighted by atomic mass is 9.90. The molecule has 5 heteroatoms. The van der Waals surface area contributed by atoms with Gasteiger partial charge < -0.3 is 5.32 Å². The van der Waals surface area contributed by atoms with Gasteiger partial charge in [-0.25, -0.2) is 4.68 Å². The first-order valence-corrected chi connectivity index (χ1v) is 9.50. The van der Waals surface area contributed by atoms with Crippen molar-refractivity contribution in [3.8, 4) is 0 Å². The van der Waals surface area contributed by atoms with Gasteiger partial charge in [0.05, 0.1) is 11.7 Å². The van der Waals surface area contributed by atoms with Crippen molar-refractivity contribution in [3.63, 3.8) is 0 Å². The smallest absolute Gasteiger partial charge is 0.267 e. The van der Waals surface area contributed by atoms with E-state index >= 15 is 0 Å². The summed E-state index contributed by atoms with van der Waals surface area (Å²) in [7, 11) is 0. The Kier molecular flexibility index (Phi) is 4.55. The molecule has 5 nitrogen and oxygen atoms in total. The van der Waals surface area contributed by atoms with Gasteiger partial charge in [0.2, 0.25) is 0 Å². The Morgan fingerprint density at radius 2 is 1.92 bits per heavy atom. The van der Waals surface area contributed by atoms with E-state index in [-0.39, 0.29) is 11.6 Å². The van der Waals surface area contributed by atoms with Crippen LogP contribution in [0.4, 0.5) is 5.69 Å². The highest BCUT2D eigenvalue weighted by molar-refractivity contribution is 5.43. The Bertz CT molecular complexity index is 806.